The van der Waals surface area contributed by atoms with Crippen LogP contribution in [0.5, 0.6) is 11.9 Å². The molecule has 1 fully saturated rings. The highest BCUT2D eigenvalue weighted by Gasteiger charge is 2.17. The number of carbonyl (C=O) groups is 2. The lowest BCUT2D eigenvalue weighted by atomic mass is 10.2. The van der Waals surface area contributed by atoms with Crippen molar-refractivity contribution in [1.82, 2.24) is 9.97 Å². The average molecular weight is 353 g/mol. The van der Waals surface area contributed by atoms with Crippen LogP contribution < -0.4 is 14.8 Å². The van der Waals surface area contributed by atoms with Crippen LogP contribution in [0.1, 0.15) is 32.1 Å². The number of ether oxygens (including phenoxy) is 4. The highest BCUT2D eigenvalue weighted by molar-refractivity contribution is 5.90. The van der Waals surface area contributed by atoms with E-state index in [2.05, 4.69) is 15.3 Å². The van der Waals surface area contributed by atoms with Gasteiger partial charge in [-0.15, -0.1) is 0 Å². The van der Waals surface area contributed by atoms with Crippen molar-refractivity contribution in [3.8, 4) is 11.9 Å². The summed E-state index contributed by atoms with van der Waals surface area (Å²) in [7, 11) is 2.87. The minimum Gasteiger partial charge on any atom is -0.481 e. The molecule has 0 saturated carbocycles. The van der Waals surface area contributed by atoms with Gasteiger partial charge < -0.3 is 24.3 Å². The highest BCUT2D eigenvalue weighted by Crippen LogP contribution is 2.17. The van der Waals surface area contributed by atoms with Crippen molar-refractivity contribution >= 4 is 17.7 Å². The molecule has 0 aromatic carbocycles. The van der Waals surface area contributed by atoms with Crippen molar-refractivity contribution in [3.63, 3.8) is 0 Å². The standard InChI is InChI=1S/C16H23N3O6/c1-22-14-9-12(18-16(19-14)23-2)17-13(20)6-3-7-15(21)25-10-11-5-4-8-24-11/h9,11H,3-8,10H2,1-2H3,(H,17,18,19,20). The van der Waals surface area contributed by atoms with E-state index in [4.69, 9.17) is 18.9 Å². The molecule has 9 heteroatoms. The number of hydrogen-bond donors (Lipinski definition) is 1. The molecule has 25 heavy (non-hydrogen) atoms. The number of methoxy groups -OCH3 is 2. The highest BCUT2D eigenvalue weighted by atomic mass is 16.6. The van der Waals surface area contributed by atoms with Crippen LogP contribution in [0.25, 0.3) is 0 Å². The van der Waals surface area contributed by atoms with Gasteiger partial charge in [0.2, 0.25) is 11.8 Å². The van der Waals surface area contributed by atoms with Gasteiger partial charge in [0.05, 0.1) is 20.3 Å². The van der Waals surface area contributed by atoms with Crippen LogP contribution in [0.15, 0.2) is 6.07 Å². The molecule has 2 heterocycles. The van der Waals surface area contributed by atoms with Crippen molar-refractivity contribution < 1.29 is 28.5 Å². The van der Waals surface area contributed by atoms with Crippen LogP contribution in [-0.2, 0) is 19.1 Å². The predicted molar refractivity (Wildman–Crippen MR) is 87.5 cm³/mol. The number of anilines is 1. The van der Waals surface area contributed by atoms with Crippen LogP contribution in [0, 0.1) is 0 Å². The van der Waals surface area contributed by atoms with Gasteiger partial charge in [-0.05, 0) is 19.3 Å². The van der Waals surface area contributed by atoms with E-state index in [1.54, 1.807) is 0 Å². The maximum absolute atomic E-state index is 11.9. The van der Waals surface area contributed by atoms with E-state index >= 15 is 0 Å². The number of esters is 1. The summed E-state index contributed by atoms with van der Waals surface area (Å²) in [4.78, 5) is 31.5. The van der Waals surface area contributed by atoms with Crippen LogP contribution >= 0.6 is 0 Å². The zero-order chi connectivity index (χ0) is 18.1. The van der Waals surface area contributed by atoms with E-state index in [9.17, 15) is 9.59 Å². The Morgan fingerprint density at radius 3 is 2.80 bits per heavy atom. The monoisotopic (exact) mass is 353 g/mol. The second kappa shape index (κ2) is 9.77. The van der Waals surface area contributed by atoms with Gasteiger partial charge in [-0.2, -0.15) is 9.97 Å². The number of amides is 1. The molecule has 9 nitrogen and oxygen atoms in total. The van der Waals surface area contributed by atoms with Gasteiger partial charge >= 0.3 is 12.0 Å². The minimum atomic E-state index is -0.325. The van der Waals surface area contributed by atoms with E-state index in [-0.39, 0.29) is 55.1 Å². The average Bonchev–Trinajstić information content (AvgIpc) is 3.13. The second-order valence-corrected chi connectivity index (χ2v) is 5.50. The number of carbonyl (C=O) groups excluding carboxylic acids is 2. The third-order valence-corrected chi connectivity index (χ3v) is 3.58. The maximum atomic E-state index is 11.9. The quantitative estimate of drug-likeness (QED) is 0.662. The number of nitrogens with zero attached hydrogens (tertiary/aromatic N) is 2. The smallest absolute Gasteiger partial charge is 0.321 e. The number of hydrogen-bond acceptors (Lipinski definition) is 8. The normalized spacial score (nSPS) is 16.3. The Hall–Kier alpha value is -2.42. The topological polar surface area (TPSA) is 109 Å². The predicted octanol–water partition coefficient (Wildman–Crippen LogP) is 1.32. The summed E-state index contributed by atoms with van der Waals surface area (Å²) in [6, 6.07) is 1.57. The van der Waals surface area contributed by atoms with Crippen molar-refractivity contribution in [2.75, 3.05) is 32.8 Å². The molecule has 0 aliphatic carbocycles. The summed E-state index contributed by atoms with van der Waals surface area (Å²) >= 11 is 0. The molecular formula is C16H23N3O6. The molecule has 1 aliphatic heterocycles. The molecule has 0 radical (unpaired) electrons. The largest absolute Gasteiger partial charge is 0.481 e. The molecule has 138 valence electrons. The molecule has 0 spiro atoms. The molecule has 0 bridgehead atoms. The van der Waals surface area contributed by atoms with Gasteiger partial charge in [-0.1, -0.05) is 0 Å². The van der Waals surface area contributed by atoms with Crippen LogP contribution in [0.2, 0.25) is 0 Å². The lowest BCUT2D eigenvalue weighted by Crippen LogP contribution is -2.18. The molecular weight excluding hydrogens is 330 g/mol. The summed E-state index contributed by atoms with van der Waals surface area (Å²) < 4.78 is 20.5. The summed E-state index contributed by atoms with van der Waals surface area (Å²) in [6.07, 6.45) is 2.66. The van der Waals surface area contributed by atoms with Gasteiger partial charge in [0.1, 0.15) is 12.4 Å². The first kappa shape index (κ1) is 18.9. The van der Waals surface area contributed by atoms with Crippen LogP contribution in [-0.4, -0.2) is 55.4 Å². The fourth-order valence-corrected chi connectivity index (χ4v) is 2.30. The molecule has 1 unspecified atom stereocenters. The summed E-state index contributed by atoms with van der Waals surface area (Å²) in [5.41, 5.74) is 0. The van der Waals surface area contributed by atoms with Crippen molar-refractivity contribution in [1.29, 1.82) is 0 Å². The van der Waals surface area contributed by atoms with E-state index in [1.807, 2.05) is 0 Å². The Bertz CT molecular complexity index is 567. The fourth-order valence-electron chi connectivity index (χ4n) is 2.30. The Morgan fingerprint density at radius 2 is 2.12 bits per heavy atom. The first-order valence-electron chi connectivity index (χ1n) is 8.15. The van der Waals surface area contributed by atoms with E-state index < -0.39 is 0 Å². The molecule has 1 aromatic heterocycles. The van der Waals surface area contributed by atoms with E-state index in [0.29, 0.717) is 6.42 Å². The zero-order valence-corrected chi connectivity index (χ0v) is 14.4. The third kappa shape index (κ3) is 6.54. The third-order valence-electron chi connectivity index (χ3n) is 3.58. The van der Waals surface area contributed by atoms with Crippen LogP contribution in [0.3, 0.4) is 0 Å². The Labute approximate surface area is 146 Å². The summed E-state index contributed by atoms with van der Waals surface area (Å²) in [5.74, 6) is -0.0436. The molecule has 1 N–H and O–H groups in total. The number of aromatic nitrogens is 2. The summed E-state index contributed by atoms with van der Waals surface area (Å²) in [6.45, 7) is 1.01. The molecule has 1 atom stereocenters. The van der Waals surface area contributed by atoms with Crippen molar-refractivity contribution in [3.05, 3.63) is 6.07 Å². The Morgan fingerprint density at radius 1 is 1.28 bits per heavy atom. The van der Waals surface area contributed by atoms with Crippen LogP contribution in [0.4, 0.5) is 5.82 Å². The number of rotatable bonds is 9. The van der Waals surface area contributed by atoms with E-state index in [0.717, 1.165) is 19.4 Å². The molecule has 2 rings (SSSR count). The SMILES string of the molecule is COc1cc(NC(=O)CCCC(=O)OCC2CCCO2)nc(OC)n1. The van der Waals surface area contributed by atoms with Gasteiger partial charge in [-0.3, -0.25) is 9.59 Å². The fraction of sp³-hybridized carbons (Fsp3) is 0.625. The van der Waals surface area contributed by atoms with Gasteiger partial charge in [0.15, 0.2) is 0 Å². The van der Waals surface area contributed by atoms with Crippen molar-refractivity contribution in [2.24, 2.45) is 0 Å². The van der Waals surface area contributed by atoms with Gasteiger partial charge in [0, 0.05) is 25.5 Å². The molecule has 1 aromatic rings. The molecule has 1 amide bonds. The first-order chi connectivity index (χ1) is 12.1. The zero-order valence-electron chi connectivity index (χ0n) is 14.4. The second-order valence-electron chi connectivity index (χ2n) is 5.50. The molecule has 1 saturated heterocycles. The Balaban J connectivity index is 1.68. The Kier molecular flexibility index (Phi) is 7.39. The first-order valence-corrected chi connectivity index (χ1v) is 8.15. The van der Waals surface area contributed by atoms with Crippen molar-refractivity contribution in [2.45, 2.75) is 38.2 Å². The minimum absolute atomic E-state index is 0.00924. The lowest BCUT2D eigenvalue weighted by molar-refractivity contribution is -0.147. The lowest BCUT2D eigenvalue weighted by Gasteiger charge is -2.10. The summed E-state index contributed by atoms with van der Waals surface area (Å²) in [5, 5.41) is 2.62. The molecule has 1 aliphatic rings. The number of nitrogens with one attached hydrogen (secondary N) is 1. The van der Waals surface area contributed by atoms with Gasteiger partial charge in [-0.25, -0.2) is 0 Å². The maximum Gasteiger partial charge on any atom is 0.321 e. The van der Waals surface area contributed by atoms with Gasteiger partial charge in [0.25, 0.3) is 0 Å². The van der Waals surface area contributed by atoms with E-state index in [1.165, 1.54) is 20.3 Å².